The van der Waals surface area contributed by atoms with Crippen LogP contribution in [0, 0.1) is 6.92 Å². The number of primary amides is 1. The van der Waals surface area contributed by atoms with Gasteiger partial charge in [0.2, 0.25) is 11.5 Å². The number of benzene rings is 1. The number of rotatable bonds is 11. The molecule has 44 heavy (non-hydrogen) atoms. The highest BCUT2D eigenvalue weighted by Gasteiger charge is 2.50. The molecule has 4 rings (SSSR count). The zero-order valence-corrected chi connectivity index (χ0v) is 25.6. The zero-order chi connectivity index (χ0) is 32.2. The molecule has 1 saturated heterocycles. The molecule has 13 nitrogen and oxygen atoms in total. The third-order valence-electron chi connectivity index (χ3n) is 7.93. The van der Waals surface area contributed by atoms with Crippen molar-refractivity contribution in [1.29, 1.82) is 0 Å². The summed E-state index contributed by atoms with van der Waals surface area (Å²) in [7, 11) is 0. The minimum Gasteiger partial charge on any atom is -0.481 e. The standard InChI is InChI=1S/C31H40N4O9/c1-5-42-30(41)35-15-13-34(14-16-35)28(39)21(9-10-23(36)37)25-24(27(32)38)26(20-8-7-19(4)17-22(20)33-25)44-31(11-6-12-31)29(40)43-18(2)3/h7-8,17-18,21H,5-6,9-16H2,1-4H3,(H2,32,38)(H,36,37). The molecule has 1 aromatic heterocycles. The molecule has 2 fully saturated rings. The van der Waals surface area contributed by atoms with E-state index < -0.39 is 47.5 Å². The van der Waals surface area contributed by atoms with Gasteiger partial charge in [0.15, 0.2) is 0 Å². The quantitative estimate of drug-likeness (QED) is 0.358. The topological polar surface area (TPSA) is 179 Å². The van der Waals surface area contributed by atoms with Gasteiger partial charge in [0.25, 0.3) is 5.91 Å². The number of hydrogen-bond acceptors (Lipinski definition) is 9. The number of aliphatic carboxylic acids is 1. The molecule has 0 bridgehead atoms. The van der Waals surface area contributed by atoms with Gasteiger partial charge in [-0.05, 0) is 71.1 Å². The summed E-state index contributed by atoms with van der Waals surface area (Å²) in [5.41, 5.74) is 5.64. The number of piperazine rings is 1. The van der Waals surface area contributed by atoms with Crippen LogP contribution in [0.5, 0.6) is 5.75 Å². The average molecular weight is 613 g/mol. The Morgan fingerprint density at radius 2 is 1.73 bits per heavy atom. The number of carboxylic acids is 1. The van der Waals surface area contributed by atoms with Gasteiger partial charge in [-0.1, -0.05) is 6.07 Å². The lowest BCUT2D eigenvalue weighted by Crippen LogP contribution is -2.52. The van der Waals surface area contributed by atoms with Crippen molar-refractivity contribution in [2.75, 3.05) is 32.8 Å². The number of carboxylic acid groups (broad SMARTS) is 1. The monoisotopic (exact) mass is 612 g/mol. The van der Waals surface area contributed by atoms with Crippen LogP contribution in [-0.2, 0) is 23.9 Å². The van der Waals surface area contributed by atoms with Crippen molar-refractivity contribution in [3.05, 3.63) is 35.0 Å². The van der Waals surface area contributed by atoms with E-state index in [-0.39, 0.29) is 62.6 Å². The number of nitrogens with two attached hydrogens (primary N) is 1. The van der Waals surface area contributed by atoms with Crippen LogP contribution >= 0.6 is 0 Å². The molecular weight excluding hydrogens is 572 g/mol. The second-order valence-electron chi connectivity index (χ2n) is 11.5. The fourth-order valence-electron chi connectivity index (χ4n) is 5.51. The molecule has 1 unspecified atom stereocenters. The summed E-state index contributed by atoms with van der Waals surface area (Å²) in [4.78, 5) is 72.1. The van der Waals surface area contributed by atoms with Crippen LogP contribution in [0.2, 0.25) is 0 Å². The molecule has 1 aromatic carbocycles. The summed E-state index contributed by atoms with van der Waals surface area (Å²) < 4.78 is 17.0. The lowest BCUT2D eigenvalue weighted by Gasteiger charge is -2.40. The third-order valence-corrected chi connectivity index (χ3v) is 7.93. The van der Waals surface area contributed by atoms with E-state index in [1.54, 1.807) is 39.0 Å². The number of nitrogens with zero attached hydrogens (tertiary/aromatic N) is 3. The molecule has 1 atom stereocenters. The van der Waals surface area contributed by atoms with E-state index in [1.807, 2.05) is 6.92 Å². The van der Waals surface area contributed by atoms with Gasteiger partial charge >= 0.3 is 18.0 Å². The number of aryl methyl sites for hydroxylation is 1. The van der Waals surface area contributed by atoms with Gasteiger partial charge in [0, 0.05) is 38.0 Å². The first kappa shape index (κ1) is 32.5. The maximum Gasteiger partial charge on any atom is 0.409 e. The average Bonchev–Trinajstić information content (AvgIpc) is 2.93. The smallest absolute Gasteiger partial charge is 0.409 e. The summed E-state index contributed by atoms with van der Waals surface area (Å²) >= 11 is 0. The summed E-state index contributed by atoms with van der Waals surface area (Å²) in [5, 5.41) is 9.96. The first-order chi connectivity index (χ1) is 20.9. The molecular formula is C31H40N4O9. The van der Waals surface area contributed by atoms with Crippen LogP contribution in [-0.4, -0.2) is 94.2 Å². The summed E-state index contributed by atoms with van der Waals surface area (Å²) in [6.45, 7) is 8.03. The van der Waals surface area contributed by atoms with E-state index in [0.29, 0.717) is 30.2 Å². The zero-order valence-electron chi connectivity index (χ0n) is 25.6. The Bertz CT molecular complexity index is 1450. The number of carbonyl (C=O) groups excluding carboxylic acids is 4. The Labute approximate surface area is 255 Å². The Morgan fingerprint density at radius 1 is 1.07 bits per heavy atom. The maximum absolute atomic E-state index is 14.1. The Hall–Kier alpha value is -4.42. The Morgan fingerprint density at radius 3 is 2.27 bits per heavy atom. The highest BCUT2D eigenvalue weighted by molar-refractivity contribution is 6.05. The Balaban J connectivity index is 1.82. The first-order valence-electron chi connectivity index (χ1n) is 14.9. The van der Waals surface area contributed by atoms with Gasteiger partial charge in [-0.15, -0.1) is 0 Å². The van der Waals surface area contributed by atoms with Crippen LogP contribution in [0.4, 0.5) is 4.79 Å². The van der Waals surface area contributed by atoms with Crippen molar-refractivity contribution in [3.63, 3.8) is 0 Å². The fraction of sp³-hybridized carbons (Fsp3) is 0.548. The molecule has 2 heterocycles. The normalized spacial score (nSPS) is 16.7. The molecule has 1 aliphatic heterocycles. The predicted molar refractivity (Wildman–Crippen MR) is 158 cm³/mol. The van der Waals surface area contributed by atoms with Gasteiger partial charge in [-0.2, -0.15) is 0 Å². The second-order valence-corrected chi connectivity index (χ2v) is 11.5. The van der Waals surface area contributed by atoms with Crippen LogP contribution in [0.3, 0.4) is 0 Å². The number of pyridine rings is 1. The van der Waals surface area contributed by atoms with Crippen molar-refractivity contribution >= 4 is 40.7 Å². The molecule has 0 spiro atoms. The Kier molecular flexibility index (Phi) is 9.95. The fourth-order valence-corrected chi connectivity index (χ4v) is 5.51. The number of aromatic nitrogens is 1. The summed E-state index contributed by atoms with van der Waals surface area (Å²) in [6.07, 6.45) is -0.0168. The second kappa shape index (κ2) is 13.5. The molecule has 1 saturated carbocycles. The lowest BCUT2D eigenvalue weighted by atomic mass is 9.79. The molecule has 2 aromatic rings. The van der Waals surface area contributed by atoms with Crippen molar-refractivity contribution in [3.8, 4) is 5.75 Å². The number of fused-ring (bicyclic) bond motifs is 1. The van der Waals surface area contributed by atoms with Crippen LogP contribution in [0.25, 0.3) is 10.9 Å². The van der Waals surface area contributed by atoms with Crippen molar-refractivity contribution in [2.45, 2.75) is 77.4 Å². The summed E-state index contributed by atoms with van der Waals surface area (Å²) in [5.74, 6) is -4.25. The number of amides is 3. The third kappa shape index (κ3) is 6.87. The van der Waals surface area contributed by atoms with Gasteiger partial charge in [-0.25, -0.2) is 9.59 Å². The molecule has 238 valence electrons. The largest absolute Gasteiger partial charge is 0.481 e. The van der Waals surface area contributed by atoms with E-state index in [2.05, 4.69) is 0 Å². The molecule has 3 N–H and O–H groups in total. The number of ether oxygens (including phenoxy) is 3. The van der Waals surface area contributed by atoms with Crippen LogP contribution in [0.15, 0.2) is 18.2 Å². The van der Waals surface area contributed by atoms with Crippen LogP contribution in [0.1, 0.15) is 80.4 Å². The molecule has 1 aliphatic carbocycles. The molecule has 2 aliphatic rings. The minimum absolute atomic E-state index is 0.0122. The molecule has 0 radical (unpaired) electrons. The van der Waals surface area contributed by atoms with Crippen molar-refractivity contribution in [1.82, 2.24) is 14.8 Å². The van der Waals surface area contributed by atoms with Gasteiger partial charge in [0.05, 0.1) is 29.8 Å². The van der Waals surface area contributed by atoms with E-state index in [1.165, 1.54) is 9.80 Å². The van der Waals surface area contributed by atoms with E-state index in [9.17, 15) is 29.1 Å². The van der Waals surface area contributed by atoms with Gasteiger partial charge in [0.1, 0.15) is 11.3 Å². The van der Waals surface area contributed by atoms with Crippen molar-refractivity contribution in [2.24, 2.45) is 5.73 Å². The number of esters is 1. The predicted octanol–water partition coefficient (Wildman–Crippen LogP) is 3.14. The van der Waals surface area contributed by atoms with E-state index in [4.69, 9.17) is 24.9 Å². The van der Waals surface area contributed by atoms with Gasteiger partial charge < -0.3 is 34.9 Å². The first-order valence-corrected chi connectivity index (χ1v) is 14.9. The van der Waals surface area contributed by atoms with Crippen molar-refractivity contribution < 1.29 is 43.3 Å². The van der Waals surface area contributed by atoms with Gasteiger partial charge in [-0.3, -0.25) is 19.4 Å². The lowest BCUT2D eigenvalue weighted by molar-refractivity contribution is -0.174. The number of carbonyl (C=O) groups is 5. The highest BCUT2D eigenvalue weighted by Crippen LogP contribution is 2.44. The van der Waals surface area contributed by atoms with E-state index >= 15 is 0 Å². The highest BCUT2D eigenvalue weighted by atomic mass is 16.6. The molecule has 13 heteroatoms. The van der Waals surface area contributed by atoms with E-state index in [0.717, 1.165) is 5.56 Å². The molecule has 3 amide bonds. The summed E-state index contributed by atoms with van der Waals surface area (Å²) in [6, 6.07) is 5.27. The number of hydrogen-bond donors (Lipinski definition) is 2. The SMILES string of the molecule is CCOC(=O)N1CCN(C(=O)C(CCC(=O)O)c2nc3cc(C)ccc3c(OC3(C(=O)OC(C)C)CCC3)c2C(N)=O)CC1. The maximum atomic E-state index is 14.1. The van der Waals surface area contributed by atoms with Crippen LogP contribution < -0.4 is 10.5 Å². The minimum atomic E-state index is -1.35.